The number of nitrogens with zero attached hydrogens (tertiary/aromatic N) is 2. The molecule has 3 aromatic rings. The third kappa shape index (κ3) is 2.39. The van der Waals surface area contributed by atoms with E-state index >= 15 is 0 Å². The zero-order valence-electron chi connectivity index (χ0n) is 10.7. The number of fused-ring (bicyclic) bond motifs is 1. The van der Waals surface area contributed by atoms with Crippen LogP contribution in [-0.4, -0.2) is 20.4 Å². The molecule has 20 heavy (non-hydrogen) atoms. The molecule has 100 valence electrons. The minimum absolute atomic E-state index is 0.0575. The van der Waals surface area contributed by atoms with Gasteiger partial charge in [-0.25, -0.2) is 4.98 Å². The normalized spacial score (nSPS) is 10.7. The van der Waals surface area contributed by atoms with Gasteiger partial charge in [0.25, 0.3) is 5.91 Å². The van der Waals surface area contributed by atoms with Gasteiger partial charge >= 0.3 is 0 Å². The summed E-state index contributed by atoms with van der Waals surface area (Å²) in [5, 5.41) is 11.8. The van der Waals surface area contributed by atoms with Crippen molar-refractivity contribution in [3.8, 4) is 0 Å². The molecule has 1 amide bonds. The summed E-state index contributed by atoms with van der Waals surface area (Å²) < 4.78 is 1.79. The van der Waals surface area contributed by atoms with Crippen molar-refractivity contribution >= 4 is 17.2 Å². The molecule has 0 aliphatic carbocycles. The molecule has 0 atom stereocenters. The number of carbonyl (C=O) groups is 1. The Bertz CT molecular complexity index is 731. The number of amides is 1. The number of aromatic nitrogens is 2. The minimum atomic E-state index is -0.274. The Morgan fingerprint density at radius 3 is 2.95 bits per heavy atom. The van der Waals surface area contributed by atoms with Crippen LogP contribution in [0.2, 0.25) is 0 Å². The molecule has 2 heterocycles. The maximum Gasteiger partial charge on any atom is 0.275 e. The summed E-state index contributed by atoms with van der Waals surface area (Å²) in [7, 11) is 0. The first-order chi connectivity index (χ1) is 9.76. The zero-order chi connectivity index (χ0) is 13.9. The molecule has 5 nitrogen and oxygen atoms in total. The number of aliphatic hydroxyl groups is 1. The van der Waals surface area contributed by atoms with Crippen LogP contribution in [0.25, 0.3) is 5.65 Å². The Labute approximate surface area is 115 Å². The lowest BCUT2D eigenvalue weighted by atomic mass is 10.2. The fourth-order valence-corrected chi connectivity index (χ4v) is 1.99. The summed E-state index contributed by atoms with van der Waals surface area (Å²) >= 11 is 0. The van der Waals surface area contributed by atoms with Crippen LogP contribution in [0.5, 0.6) is 0 Å². The quantitative estimate of drug-likeness (QED) is 0.763. The summed E-state index contributed by atoms with van der Waals surface area (Å²) in [4.78, 5) is 16.4. The first-order valence-corrected chi connectivity index (χ1v) is 6.21. The van der Waals surface area contributed by atoms with Gasteiger partial charge in [-0.15, -0.1) is 0 Å². The lowest BCUT2D eigenvalue weighted by Crippen LogP contribution is -2.12. The SMILES string of the molecule is O=C(Nc1cccc(CO)c1)c1cn2ccccc2n1. The van der Waals surface area contributed by atoms with Crippen molar-refractivity contribution in [2.75, 3.05) is 5.32 Å². The largest absolute Gasteiger partial charge is 0.392 e. The maximum absolute atomic E-state index is 12.1. The molecule has 1 aromatic carbocycles. The second-order valence-corrected chi connectivity index (χ2v) is 4.40. The molecule has 0 aliphatic heterocycles. The number of benzene rings is 1. The topological polar surface area (TPSA) is 66.6 Å². The molecule has 3 rings (SSSR count). The first-order valence-electron chi connectivity index (χ1n) is 6.21. The van der Waals surface area contributed by atoms with Crippen molar-refractivity contribution in [3.63, 3.8) is 0 Å². The molecule has 0 bridgehead atoms. The predicted octanol–water partition coefficient (Wildman–Crippen LogP) is 2.08. The lowest BCUT2D eigenvalue weighted by molar-refractivity contribution is 0.102. The van der Waals surface area contributed by atoms with Crippen molar-refractivity contribution < 1.29 is 9.90 Å². The molecular formula is C15H13N3O2. The molecule has 0 fully saturated rings. The highest BCUT2D eigenvalue weighted by molar-refractivity contribution is 6.03. The number of imidazole rings is 1. The smallest absolute Gasteiger partial charge is 0.275 e. The number of nitrogens with one attached hydrogen (secondary N) is 1. The monoisotopic (exact) mass is 267 g/mol. The van der Waals surface area contributed by atoms with E-state index in [2.05, 4.69) is 10.3 Å². The van der Waals surface area contributed by atoms with Gasteiger partial charge in [-0.3, -0.25) is 4.79 Å². The minimum Gasteiger partial charge on any atom is -0.392 e. The Kier molecular flexibility index (Phi) is 3.18. The van der Waals surface area contributed by atoms with Crippen LogP contribution in [-0.2, 0) is 6.61 Å². The highest BCUT2D eigenvalue weighted by Crippen LogP contribution is 2.12. The van der Waals surface area contributed by atoms with E-state index in [1.54, 1.807) is 34.9 Å². The van der Waals surface area contributed by atoms with Crippen LogP contribution in [0.1, 0.15) is 16.1 Å². The van der Waals surface area contributed by atoms with Crippen molar-refractivity contribution in [2.24, 2.45) is 0 Å². The van der Waals surface area contributed by atoms with Gasteiger partial charge in [0.15, 0.2) is 0 Å². The van der Waals surface area contributed by atoms with Crippen LogP contribution in [0.3, 0.4) is 0 Å². The summed E-state index contributed by atoms with van der Waals surface area (Å²) in [6.07, 6.45) is 3.52. The van der Waals surface area contributed by atoms with Gasteiger partial charge in [-0.2, -0.15) is 0 Å². The number of anilines is 1. The van der Waals surface area contributed by atoms with Gasteiger partial charge in [0.1, 0.15) is 11.3 Å². The van der Waals surface area contributed by atoms with Crippen molar-refractivity contribution in [2.45, 2.75) is 6.61 Å². The van der Waals surface area contributed by atoms with Gasteiger partial charge < -0.3 is 14.8 Å². The fraction of sp³-hybridized carbons (Fsp3) is 0.0667. The zero-order valence-corrected chi connectivity index (χ0v) is 10.7. The number of hydrogen-bond acceptors (Lipinski definition) is 3. The molecule has 0 saturated heterocycles. The molecule has 0 saturated carbocycles. The summed E-state index contributed by atoms with van der Waals surface area (Å²) in [6, 6.07) is 12.7. The third-order valence-electron chi connectivity index (χ3n) is 2.96. The number of pyridine rings is 1. The highest BCUT2D eigenvalue weighted by atomic mass is 16.3. The number of rotatable bonds is 3. The van der Waals surface area contributed by atoms with Crippen LogP contribution in [0.4, 0.5) is 5.69 Å². The average molecular weight is 267 g/mol. The van der Waals surface area contributed by atoms with E-state index in [1.807, 2.05) is 24.4 Å². The number of carbonyl (C=O) groups excluding carboxylic acids is 1. The second kappa shape index (κ2) is 5.14. The molecule has 0 aliphatic rings. The Morgan fingerprint density at radius 1 is 1.25 bits per heavy atom. The van der Waals surface area contributed by atoms with Crippen molar-refractivity contribution in [3.05, 3.63) is 66.1 Å². The second-order valence-electron chi connectivity index (χ2n) is 4.40. The summed E-state index contributed by atoms with van der Waals surface area (Å²) in [5.74, 6) is -0.274. The Morgan fingerprint density at radius 2 is 2.15 bits per heavy atom. The first kappa shape index (κ1) is 12.4. The fourth-order valence-electron chi connectivity index (χ4n) is 1.99. The lowest BCUT2D eigenvalue weighted by Gasteiger charge is -2.04. The van der Waals surface area contributed by atoms with Crippen LogP contribution < -0.4 is 5.32 Å². The number of hydrogen-bond donors (Lipinski definition) is 2. The van der Waals surface area contributed by atoms with Crippen LogP contribution in [0.15, 0.2) is 54.9 Å². The van der Waals surface area contributed by atoms with Gasteiger partial charge in [0, 0.05) is 18.1 Å². The van der Waals surface area contributed by atoms with Gasteiger partial charge in [-0.1, -0.05) is 18.2 Å². The van der Waals surface area contributed by atoms with E-state index in [-0.39, 0.29) is 12.5 Å². The van der Waals surface area contributed by atoms with E-state index in [0.29, 0.717) is 11.4 Å². The van der Waals surface area contributed by atoms with E-state index in [1.165, 1.54) is 0 Å². The van der Waals surface area contributed by atoms with Crippen molar-refractivity contribution in [1.29, 1.82) is 0 Å². The van der Waals surface area contributed by atoms with E-state index < -0.39 is 0 Å². The van der Waals surface area contributed by atoms with Gasteiger partial charge in [-0.05, 0) is 29.8 Å². The summed E-state index contributed by atoms with van der Waals surface area (Å²) in [5.41, 5.74) is 2.46. The molecule has 0 radical (unpaired) electrons. The average Bonchev–Trinajstić information content (AvgIpc) is 2.91. The van der Waals surface area contributed by atoms with Crippen molar-refractivity contribution in [1.82, 2.24) is 9.38 Å². The van der Waals surface area contributed by atoms with Crippen LogP contribution in [0, 0.1) is 0 Å². The maximum atomic E-state index is 12.1. The molecule has 5 heteroatoms. The Balaban J connectivity index is 1.85. The van der Waals surface area contributed by atoms with E-state index in [4.69, 9.17) is 5.11 Å². The van der Waals surface area contributed by atoms with E-state index in [9.17, 15) is 4.79 Å². The highest BCUT2D eigenvalue weighted by Gasteiger charge is 2.10. The molecule has 0 unspecified atom stereocenters. The third-order valence-corrected chi connectivity index (χ3v) is 2.96. The number of aliphatic hydroxyl groups excluding tert-OH is 1. The molecule has 0 spiro atoms. The van der Waals surface area contributed by atoms with E-state index in [0.717, 1.165) is 11.2 Å². The predicted molar refractivity (Wildman–Crippen MR) is 75.5 cm³/mol. The molecule has 2 N–H and O–H groups in total. The molecule has 2 aromatic heterocycles. The molecular weight excluding hydrogens is 254 g/mol. The van der Waals surface area contributed by atoms with Gasteiger partial charge in [0.05, 0.1) is 6.61 Å². The standard InChI is InChI=1S/C15H13N3O2/c19-10-11-4-3-5-12(8-11)16-15(20)13-9-18-7-2-1-6-14(18)17-13/h1-9,19H,10H2,(H,16,20). The summed E-state index contributed by atoms with van der Waals surface area (Å²) in [6.45, 7) is -0.0575. The van der Waals surface area contributed by atoms with Gasteiger partial charge in [0.2, 0.25) is 0 Å². The van der Waals surface area contributed by atoms with Crippen LogP contribution >= 0.6 is 0 Å². The Hall–Kier alpha value is -2.66.